The highest BCUT2D eigenvalue weighted by Crippen LogP contribution is 2.37. The summed E-state index contributed by atoms with van der Waals surface area (Å²) in [5.74, 6) is 0.0262. The molecule has 8 heteroatoms. The summed E-state index contributed by atoms with van der Waals surface area (Å²) in [6, 6.07) is 17.0. The molecule has 0 aliphatic heterocycles. The Bertz CT molecular complexity index is 1170. The first-order valence-corrected chi connectivity index (χ1v) is 9.10. The monoisotopic (exact) mass is 402 g/mol. The van der Waals surface area contributed by atoms with E-state index in [1.807, 2.05) is 36.4 Å². The molecule has 4 nitrogen and oxygen atoms in total. The van der Waals surface area contributed by atoms with Crippen LogP contribution in [-0.4, -0.2) is 17.5 Å². The molecule has 0 unspecified atom stereocenters. The first-order valence-electron chi connectivity index (χ1n) is 8.28. The minimum Gasteiger partial charge on any atom is -0.484 e. The topological polar surface area (TPSA) is 51.2 Å². The molecule has 4 rings (SSSR count). The van der Waals surface area contributed by atoms with Crippen LogP contribution in [0.2, 0.25) is 0 Å². The fourth-order valence-electron chi connectivity index (χ4n) is 2.79. The van der Waals surface area contributed by atoms with E-state index < -0.39 is 17.6 Å². The Balaban J connectivity index is 1.46. The third kappa shape index (κ3) is 3.77. The number of carbonyl (C=O) groups is 1. The second-order valence-electron chi connectivity index (χ2n) is 6.01. The second-order valence-corrected chi connectivity index (χ2v) is 7.05. The van der Waals surface area contributed by atoms with Crippen LogP contribution in [0.3, 0.4) is 0 Å². The first-order chi connectivity index (χ1) is 13.4. The fraction of sp³-hybridized carbons (Fsp3) is 0.100. The maximum atomic E-state index is 13.1. The van der Waals surface area contributed by atoms with Crippen LogP contribution in [0.1, 0.15) is 5.56 Å². The van der Waals surface area contributed by atoms with Gasteiger partial charge in [0.1, 0.15) is 5.75 Å². The van der Waals surface area contributed by atoms with E-state index in [0.29, 0.717) is 10.4 Å². The lowest BCUT2D eigenvalue weighted by molar-refractivity contribution is -0.136. The zero-order valence-corrected chi connectivity index (χ0v) is 15.1. The van der Waals surface area contributed by atoms with Gasteiger partial charge in [-0.25, -0.2) is 4.98 Å². The van der Waals surface area contributed by atoms with Crippen LogP contribution in [0.4, 0.5) is 18.3 Å². The van der Waals surface area contributed by atoms with E-state index in [1.165, 1.54) is 12.1 Å². The Morgan fingerprint density at radius 2 is 1.82 bits per heavy atom. The van der Waals surface area contributed by atoms with Gasteiger partial charge in [-0.1, -0.05) is 47.7 Å². The van der Waals surface area contributed by atoms with Crippen molar-refractivity contribution in [2.24, 2.45) is 0 Å². The number of nitrogens with one attached hydrogen (secondary N) is 1. The summed E-state index contributed by atoms with van der Waals surface area (Å²) < 4.78 is 45.0. The maximum absolute atomic E-state index is 13.1. The van der Waals surface area contributed by atoms with Gasteiger partial charge in [0.05, 0.1) is 15.8 Å². The van der Waals surface area contributed by atoms with Gasteiger partial charge in [-0.05, 0) is 35.0 Å². The number of hydrogen-bond donors (Lipinski definition) is 1. The number of amides is 1. The number of halogens is 3. The molecule has 0 atom stereocenters. The van der Waals surface area contributed by atoms with Crippen LogP contribution in [0, 0.1) is 0 Å². The Morgan fingerprint density at radius 3 is 2.61 bits per heavy atom. The van der Waals surface area contributed by atoms with Crippen molar-refractivity contribution in [1.82, 2.24) is 4.98 Å². The number of fused-ring (bicyclic) bond motifs is 2. The Labute approximate surface area is 161 Å². The summed E-state index contributed by atoms with van der Waals surface area (Å²) in [5, 5.41) is 4.62. The van der Waals surface area contributed by atoms with Crippen molar-refractivity contribution in [3.8, 4) is 5.75 Å². The summed E-state index contributed by atoms with van der Waals surface area (Å²) in [6.07, 6.45) is -4.51. The van der Waals surface area contributed by atoms with Crippen LogP contribution >= 0.6 is 11.3 Å². The predicted octanol–water partition coefficient (Wildman–Crippen LogP) is 5.49. The predicted molar refractivity (Wildman–Crippen MR) is 103 cm³/mol. The zero-order chi connectivity index (χ0) is 19.7. The third-order valence-corrected chi connectivity index (χ3v) is 5.00. The van der Waals surface area contributed by atoms with Crippen LogP contribution in [0.15, 0.2) is 60.7 Å². The lowest BCUT2D eigenvalue weighted by atomic mass is 10.1. The average Bonchev–Trinajstić information content (AvgIpc) is 3.07. The van der Waals surface area contributed by atoms with Gasteiger partial charge in [-0.15, -0.1) is 0 Å². The smallest absolute Gasteiger partial charge is 0.418 e. The Kier molecular flexibility index (Phi) is 4.64. The number of carbonyl (C=O) groups excluding carboxylic acids is 1. The molecule has 1 aromatic heterocycles. The maximum Gasteiger partial charge on any atom is 0.418 e. The van der Waals surface area contributed by atoms with E-state index in [-0.39, 0.29) is 17.3 Å². The summed E-state index contributed by atoms with van der Waals surface area (Å²) in [7, 11) is 0. The van der Waals surface area contributed by atoms with Gasteiger partial charge < -0.3 is 4.74 Å². The molecule has 0 aliphatic carbocycles. The standard InChI is InChI=1S/C20H13F3N2O2S/c21-20(22,23)15-6-3-7-16-18(15)25-19(28-16)24-17(26)11-27-14-9-8-12-4-1-2-5-13(12)10-14/h1-10H,11H2,(H,24,25,26). The molecule has 0 spiro atoms. The molecule has 0 saturated carbocycles. The van der Waals surface area contributed by atoms with E-state index in [0.717, 1.165) is 28.2 Å². The van der Waals surface area contributed by atoms with E-state index in [2.05, 4.69) is 10.3 Å². The highest BCUT2D eigenvalue weighted by atomic mass is 32.1. The highest BCUT2D eigenvalue weighted by molar-refractivity contribution is 7.22. The summed E-state index contributed by atoms with van der Waals surface area (Å²) >= 11 is 0.981. The SMILES string of the molecule is O=C(COc1ccc2ccccc2c1)Nc1nc2c(C(F)(F)F)cccc2s1. The first kappa shape index (κ1) is 18.2. The number of rotatable bonds is 4. The normalized spacial score (nSPS) is 11.7. The summed E-state index contributed by atoms with van der Waals surface area (Å²) in [4.78, 5) is 16.0. The number of aromatic nitrogens is 1. The number of nitrogens with zero attached hydrogens (tertiary/aromatic N) is 1. The molecular formula is C20H13F3N2O2S. The lowest BCUT2D eigenvalue weighted by Gasteiger charge is -2.07. The van der Waals surface area contributed by atoms with Crippen molar-refractivity contribution in [1.29, 1.82) is 0 Å². The van der Waals surface area contributed by atoms with Gasteiger partial charge in [-0.3, -0.25) is 10.1 Å². The van der Waals surface area contributed by atoms with Crippen LogP contribution in [-0.2, 0) is 11.0 Å². The second kappa shape index (κ2) is 7.12. The minimum atomic E-state index is -4.51. The van der Waals surface area contributed by atoms with E-state index in [9.17, 15) is 18.0 Å². The number of hydrogen-bond acceptors (Lipinski definition) is 4. The van der Waals surface area contributed by atoms with Gasteiger partial charge in [0.25, 0.3) is 5.91 Å². The lowest BCUT2D eigenvalue weighted by Crippen LogP contribution is -2.20. The quantitative estimate of drug-likeness (QED) is 0.491. The minimum absolute atomic E-state index is 0.0961. The molecule has 4 aromatic rings. The van der Waals surface area contributed by atoms with Gasteiger partial charge in [-0.2, -0.15) is 13.2 Å². The van der Waals surface area contributed by atoms with Crippen molar-refractivity contribution in [2.45, 2.75) is 6.18 Å². The van der Waals surface area contributed by atoms with Crippen LogP contribution in [0.5, 0.6) is 5.75 Å². The van der Waals surface area contributed by atoms with Gasteiger partial charge in [0.2, 0.25) is 0 Å². The molecule has 0 bridgehead atoms. The number of anilines is 1. The van der Waals surface area contributed by atoms with Crippen molar-refractivity contribution in [3.63, 3.8) is 0 Å². The van der Waals surface area contributed by atoms with Crippen molar-refractivity contribution < 1.29 is 22.7 Å². The molecular weight excluding hydrogens is 389 g/mol. The third-order valence-electron chi connectivity index (χ3n) is 4.06. The molecule has 0 fully saturated rings. The Hall–Kier alpha value is -3.13. The molecule has 1 heterocycles. The van der Waals surface area contributed by atoms with E-state index >= 15 is 0 Å². The van der Waals surface area contributed by atoms with Gasteiger partial charge in [0.15, 0.2) is 11.7 Å². The average molecular weight is 402 g/mol. The number of thiazole rings is 1. The molecule has 28 heavy (non-hydrogen) atoms. The summed E-state index contributed by atoms with van der Waals surface area (Å²) in [5.41, 5.74) is -1.00. The molecule has 1 amide bonds. The van der Waals surface area contributed by atoms with E-state index in [4.69, 9.17) is 4.74 Å². The van der Waals surface area contributed by atoms with Crippen LogP contribution in [0.25, 0.3) is 21.0 Å². The number of para-hydroxylation sites is 1. The summed E-state index contributed by atoms with van der Waals surface area (Å²) in [6.45, 7) is -0.277. The molecule has 0 aliphatic rings. The van der Waals surface area contributed by atoms with E-state index in [1.54, 1.807) is 6.07 Å². The molecule has 142 valence electrons. The van der Waals surface area contributed by atoms with Gasteiger partial charge >= 0.3 is 6.18 Å². The fourth-order valence-corrected chi connectivity index (χ4v) is 3.70. The van der Waals surface area contributed by atoms with Gasteiger partial charge in [0, 0.05) is 0 Å². The Morgan fingerprint density at radius 1 is 1.04 bits per heavy atom. The molecule has 1 N–H and O–H groups in total. The molecule has 3 aromatic carbocycles. The highest BCUT2D eigenvalue weighted by Gasteiger charge is 2.33. The zero-order valence-electron chi connectivity index (χ0n) is 14.3. The number of alkyl halides is 3. The molecule has 0 saturated heterocycles. The largest absolute Gasteiger partial charge is 0.484 e. The van der Waals surface area contributed by atoms with Crippen molar-refractivity contribution in [3.05, 3.63) is 66.2 Å². The van der Waals surface area contributed by atoms with Crippen molar-refractivity contribution >= 4 is 43.4 Å². The van der Waals surface area contributed by atoms with Crippen molar-refractivity contribution in [2.75, 3.05) is 11.9 Å². The number of benzene rings is 3. The van der Waals surface area contributed by atoms with Crippen LogP contribution < -0.4 is 10.1 Å². The number of ether oxygens (including phenoxy) is 1. The molecule has 0 radical (unpaired) electrons.